The Bertz CT molecular complexity index is 1050. The zero-order valence-corrected chi connectivity index (χ0v) is 18.8. The molecular weight excluding hydrogens is 394 g/mol. The molecule has 0 amide bonds. The number of hydrogen-bond donors (Lipinski definition) is 0. The number of halogens is 1. The van der Waals surface area contributed by atoms with Crippen molar-refractivity contribution in [2.24, 2.45) is 0 Å². The lowest BCUT2D eigenvalue weighted by atomic mass is 9.84. The number of esters is 1. The van der Waals surface area contributed by atoms with Crippen molar-refractivity contribution in [3.05, 3.63) is 69.9 Å². The fourth-order valence-electron chi connectivity index (χ4n) is 4.94. The third kappa shape index (κ3) is 4.00. The Labute approximate surface area is 184 Å². The molecule has 1 atom stereocenters. The van der Waals surface area contributed by atoms with Gasteiger partial charge >= 0.3 is 5.97 Å². The quantitative estimate of drug-likeness (QED) is 0.406. The molecular formula is C26H30ClNO2. The number of hydrogen-bond acceptors (Lipinski definition) is 2. The Kier molecular flexibility index (Phi) is 6.19. The van der Waals surface area contributed by atoms with E-state index in [-0.39, 0.29) is 11.9 Å². The monoisotopic (exact) mass is 423 g/mol. The summed E-state index contributed by atoms with van der Waals surface area (Å²) < 4.78 is 7.78. The van der Waals surface area contributed by atoms with Crippen molar-refractivity contribution in [3.8, 4) is 0 Å². The normalized spacial score (nSPS) is 16.1. The van der Waals surface area contributed by atoms with Gasteiger partial charge in [0, 0.05) is 28.6 Å². The third-order valence-electron chi connectivity index (χ3n) is 6.22. The Morgan fingerprint density at radius 2 is 1.97 bits per heavy atom. The first-order valence-corrected chi connectivity index (χ1v) is 11.4. The molecule has 1 unspecified atom stereocenters. The van der Waals surface area contributed by atoms with Gasteiger partial charge in [0.1, 0.15) is 0 Å². The second-order valence-corrected chi connectivity index (χ2v) is 9.01. The van der Waals surface area contributed by atoms with Gasteiger partial charge in [-0.3, -0.25) is 4.79 Å². The van der Waals surface area contributed by atoms with Gasteiger partial charge in [0.2, 0.25) is 0 Å². The highest BCUT2D eigenvalue weighted by atomic mass is 35.5. The maximum Gasteiger partial charge on any atom is 0.306 e. The van der Waals surface area contributed by atoms with E-state index < -0.39 is 0 Å². The molecule has 0 N–H and O–H groups in total. The second kappa shape index (κ2) is 8.85. The van der Waals surface area contributed by atoms with E-state index in [0.29, 0.717) is 18.9 Å². The summed E-state index contributed by atoms with van der Waals surface area (Å²) in [6.07, 6.45) is 3.66. The minimum absolute atomic E-state index is 0.0947. The number of para-hydroxylation sites is 1. The fraction of sp³-hybridized carbons (Fsp3) is 0.423. The van der Waals surface area contributed by atoms with Gasteiger partial charge in [-0.2, -0.15) is 0 Å². The van der Waals surface area contributed by atoms with Gasteiger partial charge < -0.3 is 9.30 Å². The Morgan fingerprint density at radius 1 is 1.20 bits per heavy atom. The highest BCUT2D eigenvalue weighted by molar-refractivity contribution is 6.30. The van der Waals surface area contributed by atoms with Gasteiger partial charge in [0.25, 0.3) is 0 Å². The number of benzene rings is 2. The smallest absolute Gasteiger partial charge is 0.306 e. The average Bonchev–Trinajstić information content (AvgIpc) is 3.04. The number of fused-ring (bicyclic) bond motifs is 3. The number of ether oxygens (including phenoxy) is 1. The molecule has 0 spiro atoms. The standard InChI is InChI=1S/C26H30ClNO2/c1-4-30-24(29)15-19-7-5-9-22-23-10-6-8-21(17(2)3)26(23)28(25(19)22)16-18-11-13-20(27)14-12-18/h6,8,10-14,17,19H,4-5,7,9,15-16H2,1-3H3. The predicted molar refractivity (Wildman–Crippen MR) is 124 cm³/mol. The van der Waals surface area contributed by atoms with E-state index >= 15 is 0 Å². The lowest BCUT2D eigenvalue weighted by Crippen LogP contribution is -2.19. The third-order valence-corrected chi connectivity index (χ3v) is 6.47. The molecule has 4 rings (SSSR count). The minimum atomic E-state index is -0.0947. The maximum atomic E-state index is 12.4. The minimum Gasteiger partial charge on any atom is -0.466 e. The molecule has 0 fully saturated rings. The van der Waals surface area contributed by atoms with Crippen LogP contribution in [0.25, 0.3) is 10.9 Å². The zero-order valence-electron chi connectivity index (χ0n) is 18.1. The van der Waals surface area contributed by atoms with Gasteiger partial charge in [0.05, 0.1) is 18.5 Å². The molecule has 30 heavy (non-hydrogen) atoms. The molecule has 2 aromatic carbocycles. The van der Waals surface area contributed by atoms with Gasteiger partial charge in [-0.1, -0.05) is 55.8 Å². The Hall–Kier alpha value is -2.26. The van der Waals surface area contributed by atoms with Crippen LogP contribution in [-0.4, -0.2) is 17.1 Å². The van der Waals surface area contributed by atoms with Crippen molar-refractivity contribution in [2.45, 2.75) is 64.8 Å². The number of aromatic nitrogens is 1. The highest BCUT2D eigenvalue weighted by Gasteiger charge is 2.30. The maximum absolute atomic E-state index is 12.4. The van der Waals surface area contributed by atoms with Crippen molar-refractivity contribution in [1.29, 1.82) is 0 Å². The highest BCUT2D eigenvalue weighted by Crippen LogP contribution is 2.42. The van der Waals surface area contributed by atoms with Crippen LogP contribution in [0.1, 0.15) is 74.3 Å². The lowest BCUT2D eigenvalue weighted by Gasteiger charge is -2.25. The molecule has 0 saturated carbocycles. The molecule has 0 aliphatic heterocycles. The molecule has 1 heterocycles. The van der Waals surface area contributed by atoms with E-state index in [2.05, 4.69) is 48.7 Å². The first-order chi connectivity index (χ1) is 14.5. The van der Waals surface area contributed by atoms with E-state index in [1.807, 2.05) is 19.1 Å². The summed E-state index contributed by atoms with van der Waals surface area (Å²) in [6, 6.07) is 14.8. The second-order valence-electron chi connectivity index (χ2n) is 8.57. The number of carbonyl (C=O) groups is 1. The van der Waals surface area contributed by atoms with Gasteiger partial charge in [-0.25, -0.2) is 0 Å². The van der Waals surface area contributed by atoms with Crippen LogP contribution in [0.5, 0.6) is 0 Å². The molecule has 3 aromatic rings. The molecule has 1 aliphatic carbocycles. The molecule has 0 bridgehead atoms. The van der Waals surface area contributed by atoms with E-state index in [1.54, 1.807) is 0 Å². The van der Waals surface area contributed by atoms with Crippen molar-refractivity contribution in [3.63, 3.8) is 0 Å². The van der Waals surface area contributed by atoms with Crippen LogP contribution in [0.15, 0.2) is 42.5 Å². The first kappa shape index (κ1) is 21.0. The largest absolute Gasteiger partial charge is 0.466 e. The molecule has 158 valence electrons. The molecule has 3 nitrogen and oxygen atoms in total. The van der Waals surface area contributed by atoms with E-state index in [4.69, 9.17) is 16.3 Å². The Balaban J connectivity index is 1.89. The fourth-order valence-corrected chi connectivity index (χ4v) is 5.07. The van der Waals surface area contributed by atoms with E-state index in [1.165, 1.54) is 33.3 Å². The zero-order chi connectivity index (χ0) is 21.3. The summed E-state index contributed by atoms with van der Waals surface area (Å²) in [5.74, 6) is 0.535. The number of nitrogens with zero attached hydrogens (tertiary/aromatic N) is 1. The number of aryl methyl sites for hydroxylation is 1. The molecule has 0 saturated heterocycles. The summed E-state index contributed by atoms with van der Waals surface area (Å²) in [6.45, 7) is 7.60. The van der Waals surface area contributed by atoms with Crippen LogP contribution < -0.4 is 0 Å². The van der Waals surface area contributed by atoms with Gasteiger partial charge in [-0.05, 0) is 60.9 Å². The summed E-state index contributed by atoms with van der Waals surface area (Å²) in [7, 11) is 0. The summed E-state index contributed by atoms with van der Waals surface area (Å²) in [4.78, 5) is 12.4. The summed E-state index contributed by atoms with van der Waals surface area (Å²) in [5, 5.41) is 2.10. The topological polar surface area (TPSA) is 31.2 Å². The van der Waals surface area contributed by atoms with E-state index in [0.717, 1.165) is 30.8 Å². The van der Waals surface area contributed by atoms with E-state index in [9.17, 15) is 4.79 Å². The molecule has 1 aliphatic rings. The summed E-state index contributed by atoms with van der Waals surface area (Å²) in [5.41, 5.74) is 6.65. The molecule has 0 radical (unpaired) electrons. The lowest BCUT2D eigenvalue weighted by molar-refractivity contribution is -0.143. The van der Waals surface area contributed by atoms with Crippen molar-refractivity contribution in [2.75, 3.05) is 6.61 Å². The van der Waals surface area contributed by atoms with Crippen LogP contribution in [0, 0.1) is 0 Å². The summed E-state index contributed by atoms with van der Waals surface area (Å²) >= 11 is 6.12. The van der Waals surface area contributed by atoms with Gasteiger partial charge in [-0.15, -0.1) is 0 Å². The number of carbonyl (C=O) groups excluding carboxylic acids is 1. The van der Waals surface area contributed by atoms with Gasteiger partial charge in [0.15, 0.2) is 0 Å². The van der Waals surface area contributed by atoms with Crippen LogP contribution in [0.2, 0.25) is 5.02 Å². The SMILES string of the molecule is CCOC(=O)CC1CCCc2c1n(Cc1ccc(Cl)cc1)c1c(C(C)C)cccc21. The predicted octanol–water partition coefficient (Wildman–Crippen LogP) is 6.84. The average molecular weight is 424 g/mol. The van der Waals surface area contributed by atoms with Crippen molar-refractivity contribution < 1.29 is 9.53 Å². The van der Waals surface area contributed by atoms with Crippen LogP contribution >= 0.6 is 11.6 Å². The Morgan fingerprint density at radius 3 is 2.67 bits per heavy atom. The van der Waals surface area contributed by atoms with Crippen LogP contribution in [-0.2, 0) is 22.5 Å². The van der Waals surface area contributed by atoms with Crippen molar-refractivity contribution in [1.82, 2.24) is 4.57 Å². The van der Waals surface area contributed by atoms with Crippen LogP contribution in [0.4, 0.5) is 0 Å². The van der Waals surface area contributed by atoms with Crippen LogP contribution in [0.3, 0.4) is 0 Å². The molecule has 1 aromatic heterocycles. The first-order valence-electron chi connectivity index (χ1n) is 11.0. The molecule has 4 heteroatoms. The number of rotatable bonds is 6. The van der Waals surface area contributed by atoms with Crippen molar-refractivity contribution >= 4 is 28.5 Å².